The van der Waals surface area contributed by atoms with E-state index in [1.54, 1.807) is 6.33 Å². The normalized spacial score (nSPS) is 21.3. The highest BCUT2D eigenvalue weighted by molar-refractivity contribution is 5.87. The quantitative estimate of drug-likeness (QED) is 0.831. The van der Waals surface area contributed by atoms with Crippen molar-refractivity contribution in [1.29, 1.82) is 0 Å². The van der Waals surface area contributed by atoms with E-state index in [4.69, 9.17) is 0 Å². The lowest BCUT2D eigenvalue weighted by Crippen LogP contribution is -2.38. The molecule has 1 unspecified atom stereocenters. The second kappa shape index (κ2) is 6.48. The Bertz CT molecular complexity index is 643. The van der Waals surface area contributed by atoms with Crippen molar-refractivity contribution in [2.45, 2.75) is 63.5 Å². The molecule has 0 aromatic carbocycles. The largest absolute Gasteiger partial charge is 0.391 e. The van der Waals surface area contributed by atoms with Crippen LogP contribution in [0.15, 0.2) is 18.6 Å². The Balaban J connectivity index is 1.55. The molecule has 2 heterocycles. The van der Waals surface area contributed by atoms with Gasteiger partial charge < -0.3 is 15.0 Å². The molecule has 0 amide bonds. The first-order chi connectivity index (χ1) is 11.3. The van der Waals surface area contributed by atoms with Gasteiger partial charge in [-0.2, -0.15) is 0 Å². The molecule has 0 bridgehead atoms. The number of fused-ring (bicyclic) bond motifs is 1. The number of H-pyrrole nitrogens is 1. The van der Waals surface area contributed by atoms with Crippen molar-refractivity contribution in [3.63, 3.8) is 0 Å². The number of aromatic nitrogens is 3. The molecule has 23 heavy (non-hydrogen) atoms. The van der Waals surface area contributed by atoms with Gasteiger partial charge in [0.2, 0.25) is 0 Å². The van der Waals surface area contributed by atoms with E-state index in [1.165, 1.54) is 51.4 Å². The lowest BCUT2D eigenvalue weighted by molar-refractivity contribution is 0.103. The van der Waals surface area contributed by atoms with Gasteiger partial charge in [0.25, 0.3) is 0 Å². The number of nitrogens with one attached hydrogen (secondary N) is 1. The third-order valence-electron chi connectivity index (χ3n) is 5.42. The Morgan fingerprint density at radius 1 is 1.13 bits per heavy atom. The van der Waals surface area contributed by atoms with Crippen LogP contribution in [-0.4, -0.2) is 38.7 Å². The van der Waals surface area contributed by atoms with E-state index >= 15 is 0 Å². The van der Waals surface area contributed by atoms with Crippen LogP contribution in [0.4, 0.5) is 5.82 Å². The third-order valence-corrected chi connectivity index (χ3v) is 5.42. The molecule has 5 nitrogen and oxygen atoms in total. The highest BCUT2D eigenvalue weighted by Gasteiger charge is 2.34. The van der Waals surface area contributed by atoms with Crippen LogP contribution in [0.5, 0.6) is 0 Å². The molecular weight excluding hydrogens is 288 g/mol. The van der Waals surface area contributed by atoms with Gasteiger partial charge in [-0.25, -0.2) is 9.97 Å². The maximum absolute atomic E-state index is 10.8. The van der Waals surface area contributed by atoms with Crippen LogP contribution in [0.2, 0.25) is 0 Å². The summed E-state index contributed by atoms with van der Waals surface area (Å²) in [6, 6.07) is 2.57. The topological polar surface area (TPSA) is 65.0 Å². The maximum Gasteiger partial charge on any atom is 0.142 e. The van der Waals surface area contributed by atoms with Crippen LogP contribution >= 0.6 is 0 Å². The number of rotatable bonds is 5. The molecule has 2 aromatic heterocycles. The number of aromatic amines is 1. The average Bonchev–Trinajstić information content (AvgIpc) is 3.34. The number of hydrogen-bond donors (Lipinski definition) is 2. The zero-order valence-corrected chi connectivity index (χ0v) is 13.6. The van der Waals surface area contributed by atoms with Crippen LogP contribution in [0, 0.1) is 5.92 Å². The predicted molar refractivity (Wildman–Crippen MR) is 91.5 cm³/mol. The van der Waals surface area contributed by atoms with E-state index in [9.17, 15) is 5.11 Å². The van der Waals surface area contributed by atoms with E-state index in [1.807, 2.05) is 12.3 Å². The van der Waals surface area contributed by atoms with Crippen molar-refractivity contribution in [1.82, 2.24) is 15.0 Å². The fourth-order valence-electron chi connectivity index (χ4n) is 3.93. The molecule has 2 aliphatic rings. The number of anilines is 1. The summed E-state index contributed by atoms with van der Waals surface area (Å²) < 4.78 is 0. The Kier molecular flexibility index (Phi) is 4.21. The molecule has 0 spiro atoms. The summed E-state index contributed by atoms with van der Waals surface area (Å²) in [4.78, 5) is 14.3. The summed E-state index contributed by atoms with van der Waals surface area (Å²) in [5.41, 5.74) is 0.879. The SMILES string of the molecule is OC(CN(c1ncnc2[nH]ccc12)C1CC1)C1CCCCCC1. The van der Waals surface area contributed by atoms with Gasteiger partial charge in [-0.3, -0.25) is 0 Å². The Hall–Kier alpha value is -1.62. The fourth-order valence-corrected chi connectivity index (χ4v) is 3.93. The summed E-state index contributed by atoms with van der Waals surface area (Å²) >= 11 is 0. The highest BCUT2D eigenvalue weighted by atomic mass is 16.3. The Labute approximate surface area is 137 Å². The van der Waals surface area contributed by atoms with Gasteiger partial charge in [0.15, 0.2) is 0 Å². The molecule has 0 radical (unpaired) electrons. The summed E-state index contributed by atoms with van der Waals surface area (Å²) in [7, 11) is 0. The van der Waals surface area contributed by atoms with Gasteiger partial charge in [-0.05, 0) is 37.7 Å². The predicted octanol–water partition coefficient (Wildman–Crippen LogP) is 3.26. The highest BCUT2D eigenvalue weighted by Crippen LogP contribution is 2.35. The first-order valence-corrected chi connectivity index (χ1v) is 9.06. The van der Waals surface area contributed by atoms with Gasteiger partial charge in [-0.15, -0.1) is 0 Å². The fraction of sp³-hybridized carbons (Fsp3) is 0.667. The van der Waals surface area contributed by atoms with Crippen molar-refractivity contribution in [3.8, 4) is 0 Å². The minimum Gasteiger partial charge on any atom is -0.391 e. The molecule has 0 aliphatic heterocycles. The Morgan fingerprint density at radius 3 is 2.65 bits per heavy atom. The molecule has 2 N–H and O–H groups in total. The lowest BCUT2D eigenvalue weighted by atomic mass is 9.93. The van der Waals surface area contributed by atoms with Gasteiger partial charge >= 0.3 is 0 Å². The van der Waals surface area contributed by atoms with E-state index in [0.29, 0.717) is 18.5 Å². The van der Waals surface area contributed by atoms with E-state index in [2.05, 4.69) is 19.9 Å². The van der Waals surface area contributed by atoms with Gasteiger partial charge in [0.1, 0.15) is 17.8 Å². The van der Waals surface area contributed by atoms with Crippen LogP contribution in [0.3, 0.4) is 0 Å². The van der Waals surface area contributed by atoms with Crippen molar-refractivity contribution in [3.05, 3.63) is 18.6 Å². The second-order valence-corrected chi connectivity index (χ2v) is 7.14. The van der Waals surface area contributed by atoms with Crippen molar-refractivity contribution in [2.24, 2.45) is 5.92 Å². The molecule has 2 fully saturated rings. The molecular formula is C18H26N4O. The lowest BCUT2D eigenvalue weighted by Gasteiger charge is -2.30. The minimum atomic E-state index is -0.252. The van der Waals surface area contributed by atoms with Crippen LogP contribution < -0.4 is 4.90 Å². The van der Waals surface area contributed by atoms with Crippen molar-refractivity contribution < 1.29 is 5.11 Å². The number of aliphatic hydroxyl groups is 1. The van der Waals surface area contributed by atoms with E-state index < -0.39 is 0 Å². The summed E-state index contributed by atoms with van der Waals surface area (Å²) in [6.45, 7) is 0.701. The monoisotopic (exact) mass is 314 g/mol. The molecule has 0 saturated heterocycles. The molecule has 5 heteroatoms. The third kappa shape index (κ3) is 3.20. The molecule has 4 rings (SSSR count). The summed E-state index contributed by atoms with van der Waals surface area (Å²) in [5, 5.41) is 11.9. The summed E-state index contributed by atoms with van der Waals surface area (Å²) in [6.07, 6.45) is 13.2. The van der Waals surface area contributed by atoms with E-state index in [0.717, 1.165) is 16.9 Å². The number of hydrogen-bond acceptors (Lipinski definition) is 4. The standard InChI is InChI=1S/C18H26N4O/c23-16(13-5-3-1-2-4-6-13)11-22(14-7-8-14)18-15-9-10-19-17(15)20-12-21-18/h9-10,12-14,16,23H,1-8,11H2,(H,19,20,21). The molecule has 1 atom stereocenters. The van der Waals surface area contributed by atoms with Crippen molar-refractivity contribution >= 4 is 16.9 Å². The van der Waals surface area contributed by atoms with Crippen molar-refractivity contribution in [2.75, 3.05) is 11.4 Å². The smallest absolute Gasteiger partial charge is 0.142 e. The average molecular weight is 314 g/mol. The Morgan fingerprint density at radius 2 is 1.91 bits per heavy atom. The first-order valence-electron chi connectivity index (χ1n) is 9.06. The maximum atomic E-state index is 10.8. The van der Waals surface area contributed by atoms with Crippen LogP contribution in [0.25, 0.3) is 11.0 Å². The molecule has 2 saturated carbocycles. The zero-order chi connectivity index (χ0) is 15.6. The molecule has 2 aromatic rings. The summed E-state index contributed by atoms with van der Waals surface area (Å²) in [5.74, 6) is 1.42. The zero-order valence-electron chi connectivity index (χ0n) is 13.6. The molecule has 124 valence electrons. The minimum absolute atomic E-state index is 0.252. The number of nitrogens with zero attached hydrogens (tertiary/aromatic N) is 3. The van der Waals surface area contributed by atoms with Gasteiger partial charge in [0.05, 0.1) is 11.5 Å². The molecule has 2 aliphatic carbocycles. The van der Waals surface area contributed by atoms with Gasteiger partial charge in [-0.1, -0.05) is 25.7 Å². The van der Waals surface area contributed by atoms with Crippen LogP contribution in [0.1, 0.15) is 51.4 Å². The van der Waals surface area contributed by atoms with E-state index in [-0.39, 0.29) is 6.10 Å². The first kappa shape index (κ1) is 14.9. The second-order valence-electron chi connectivity index (χ2n) is 7.14. The van der Waals surface area contributed by atoms with Gasteiger partial charge in [0, 0.05) is 18.8 Å². The van der Waals surface area contributed by atoms with Crippen LogP contribution in [-0.2, 0) is 0 Å². The number of aliphatic hydroxyl groups excluding tert-OH is 1.